The first-order valence-corrected chi connectivity index (χ1v) is 13.1. The molecule has 1 aliphatic carbocycles. The molecule has 1 heterocycles. The third-order valence-corrected chi connectivity index (χ3v) is 7.10. The lowest BCUT2D eigenvalue weighted by Gasteiger charge is -2.25. The van der Waals surface area contributed by atoms with Gasteiger partial charge in [-0.05, 0) is 57.7 Å². The van der Waals surface area contributed by atoms with Crippen molar-refractivity contribution in [2.75, 3.05) is 24.9 Å². The zero-order valence-electron chi connectivity index (χ0n) is 20.8. The number of benzene rings is 1. The van der Waals surface area contributed by atoms with E-state index in [9.17, 15) is 23.6 Å². The molecule has 0 fully saturated rings. The van der Waals surface area contributed by atoms with E-state index in [0.29, 0.717) is 35.7 Å². The molecule has 0 atom stereocenters. The van der Waals surface area contributed by atoms with E-state index in [1.807, 2.05) is 0 Å². The number of carbonyl (C=O) groups is 4. The van der Waals surface area contributed by atoms with Gasteiger partial charge < -0.3 is 14.2 Å². The number of imide groups is 1. The van der Waals surface area contributed by atoms with Crippen molar-refractivity contribution in [3.05, 3.63) is 61.8 Å². The number of carbonyl (C=O) groups excluding carboxylic acids is 4. The topological polar surface area (TPSA) is 99.2 Å². The zero-order chi connectivity index (χ0) is 27.8. The summed E-state index contributed by atoms with van der Waals surface area (Å²) in [5.41, 5.74) is -0.841. The second-order valence-corrected chi connectivity index (χ2v) is 9.54. The minimum Gasteiger partial charge on any atom is -0.466 e. The van der Waals surface area contributed by atoms with E-state index in [1.165, 1.54) is 12.1 Å². The molecule has 0 N–H and O–H groups in total. The van der Waals surface area contributed by atoms with Crippen LogP contribution in [0.4, 0.5) is 14.5 Å². The largest absolute Gasteiger partial charge is 0.466 e. The molecule has 1 aromatic carbocycles. The Morgan fingerprint density at radius 1 is 1.00 bits per heavy atom. The smallest absolute Gasteiger partial charge is 0.336 e. The number of hydrogen-bond acceptors (Lipinski definition) is 8. The first-order chi connectivity index (χ1) is 18.2. The molecule has 204 valence electrons. The molecule has 0 radical (unpaired) electrons. The Kier molecular flexibility index (Phi) is 10.5. The second kappa shape index (κ2) is 13.6. The van der Waals surface area contributed by atoms with Gasteiger partial charge in [0.05, 0.1) is 18.1 Å². The zero-order valence-corrected chi connectivity index (χ0v) is 22.4. The van der Waals surface area contributed by atoms with E-state index in [0.717, 1.165) is 12.1 Å². The number of esters is 2. The Morgan fingerprint density at radius 2 is 1.71 bits per heavy atom. The molecule has 1 aromatic heterocycles. The molecule has 1 aliphatic rings. The van der Waals surface area contributed by atoms with Gasteiger partial charge in [-0.25, -0.2) is 14.1 Å². The molecule has 3 rings (SSSR count). The van der Waals surface area contributed by atoms with E-state index in [-0.39, 0.29) is 59.3 Å². The van der Waals surface area contributed by atoms with Crippen LogP contribution in [0.5, 0.6) is 0 Å². The monoisotopic (exact) mass is 569 g/mol. The van der Waals surface area contributed by atoms with E-state index in [1.54, 1.807) is 13.8 Å². The molecule has 0 spiro atoms. The van der Waals surface area contributed by atoms with Crippen molar-refractivity contribution >= 4 is 52.4 Å². The van der Waals surface area contributed by atoms with Gasteiger partial charge >= 0.3 is 11.9 Å². The molecule has 0 aliphatic heterocycles. The van der Waals surface area contributed by atoms with Gasteiger partial charge in [0, 0.05) is 28.2 Å². The van der Waals surface area contributed by atoms with E-state index < -0.39 is 40.4 Å². The maximum absolute atomic E-state index is 15.3. The minimum absolute atomic E-state index is 0.0384. The molecule has 2 aromatic rings. The summed E-state index contributed by atoms with van der Waals surface area (Å²) >= 11 is 6.90. The quantitative estimate of drug-likeness (QED) is 0.164. The van der Waals surface area contributed by atoms with Gasteiger partial charge in [0.15, 0.2) is 6.79 Å². The first-order valence-electron chi connectivity index (χ1n) is 11.9. The highest BCUT2D eigenvalue weighted by Gasteiger charge is 2.37. The Morgan fingerprint density at radius 3 is 2.37 bits per heavy atom. The van der Waals surface area contributed by atoms with Crippen molar-refractivity contribution in [2.45, 2.75) is 46.0 Å². The van der Waals surface area contributed by atoms with Crippen LogP contribution in [0.15, 0.2) is 35.4 Å². The van der Waals surface area contributed by atoms with Crippen molar-refractivity contribution in [1.82, 2.24) is 0 Å². The number of amides is 2. The van der Waals surface area contributed by atoms with Crippen LogP contribution >= 0.6 is 22.9 Å². The highest BCUT2D eigenvalue weighted by Crippen LogP contribution is 2.41. The first kappa shape index (κ1) is 29.4. The molecule has 38 heavy (non-hydrogen) atoms. The van der Waals surface area contributed by atoms with Gasteiger partial charge in [-0.3, -0.25) is 14.4 Å². The maximum Gasteiger partial charge on any atom is 0.336 e. The summed E-state index contributed by atoms with van der Waals surface area (Å²) in [7, 11) is 0. The predicted octanol–water partition coefficient (Wildman–Crippen LogP) is 5.37. The molecule has 0 saturated carbocycles. The SMILES string of the molecule is CCOCOC(=O)C1=C(C(=O)N(C(=O)c2cccc(F)c2)c2c(F)sc(CC(=O)OCC)c2Cl)CCCC1. The fourth-order valence-electron chi connectivity index (χ4n) is 3.88. The molecule has 12 heteroatoms. The van der Waals surface area contributed by atoms with Crippen LogP contribution in [0.1, 0.15) is 54.8 Å². The molecule has 8 nitrogen and oxygen atoms in total. The van der Waals surface area contributed by atoms with E-state index in [4.69, 9.17) is 25.8 Å². The number of thiophene rings is 1. The van der Waals surface area contributed by atoms with Crippen LogP contribution < -0.4 is 4.90 Å². The molecule has 0 unspecified atom stereocenters. The maximum atomic E-state index is 15.3. The summed E-state index contributed by atoms with van der Waals surface area (Å²) < 4.78 is 44.3. The predicted molar refractivity (Wildman–Crippen MR) is 136 cm³/mol. The molecule has 2 amide bonds. The molecule has 0 saturated heterocycles. The summed E-state index contributed by atoms with van der Waals surface area (Å²) in [5, 5.41) is -1.35. The van der Waals surface area contributed by atoms with Gasteiger partial charge in [-0.2, -0.15) is 4.39 Å². The number of nitrogens with zero attached hydrogens (tertiary/aromatic N) is 1. The number of hydrogen-bond donors (Lipinski definition) is 0. The highest BCUT2D eigenvalue weighted by atomic mass is 35.5. The third kappa shape index (κ3) is 6.83. The lowest BCUT2D eigenvalue weighted by Crippen LogP contribution is -2.40. The van der Waals surface area contributed by atoms with Crippen LogP contribution in [-0.2, 0) is 35.0 Å². The summed E-state index contributed by atoms with van der Waals surface area (Å²) in [6.07, 6.45) is 1.04. The van der Waals surface area contributed by atoms with Gasteiger partial charge in [-0.15, -0.1) is 11.3 Å². The Labute approximate surface area is 227 Å². The minimum atomic E-state index is -1.06. The van der Waals surface area contributed by atoms with Crippen molar-refractivity contribution < 1.29 is 42.2 Å². The number of ether oxygens (including phenoxy) is 3. The van der Waals surface area contributed by atoms with Crippen molar-refractivity contribution in [3.63, 3.8) is 0 Å². The van der Waals surface area contributed by atoms with Gasteiger partial charge in [0.1, 0.15) is 11.5 Å². The summed E-state index contributed by atoms with van der Waals surface area (Å²) in [6.45, 7) is 3.39. The van der Waals surface area contributed by atoms with Crippen LogP contribution in [-0.4, -0.2) is 43.8 Å². The average molecular weight is 570 g/mol. The Balaban J connectivity index is 2.12. The third-order valence-electron chi connectivity index (χ3n) is 5.61. The van der Waals surface area contributed by atoms with Crippen molar-refractivity contribution in [2.24, 2.45) is 0 Å². The number of rotatable bonds is 10. The van der Waals surface area contributed by atoms with E-state index in [2.05, 4.69) is 0 Å². The normalized spacial score (nSPS) is 13.3. The van der Waals surface area contributed by atoms with Crippen molar-refractivity contribution in [1.29, 1.82) is 0 Å². The summed E-state index contributed by atoms with van der Waals surface area (Å²) in [5.74, 6) is -4.27. The molecular weight excluding hydrogens is 544 g/mol. The van der Waals surface area contributed by atoms with Gasteiger partial charge in [0.2, 0.25) is 5.13 Å². The van der Waals surface area contributed by atoms with Crippen LogP contribution in [0.2, 0.25) is 5.02 Å². The van der Waals surface area contributed by atoms with Crippen LogP contribution in [0.3, 0.4) is 0 Å². The standard InChI is InChI=1S/C26H26ClF2NO7S/c1-3-35-14-37-26(34)18-11-6-5-10-17(18)25(33)30(24(32)15-8-7-9-16(28)12-15)22-21(27)19(38-23(22)29)13-20(31)36-4-2/h7-9,12H,3-6,10-11,13-14H2,1-2H3. The fraction of sp³-hybridized carbons (Fsp3) is 0.385. The number of anilines is 1. The van der Waals surface area contributed by atoms with E-state index >= 15 is 4.39 Å². The Bertz CT molecular complexity index is 1260. The summed E-state index contributed by atoms with van der Waals surface area (Å²) in [4.78, 5) is 52.7. The average Bonchev–Trinajstić information content (AvgIpc) is 3.16. The van der Waals surface area contributed by atoms with Gasteiger partial charge in [0.25, 0.3) is 11.8 Å². The van der Waals surface area contributed by atoms with Gasteiger partial charge in [-0.1, -0.05) is 17.7 Å². The fourth-order valence-corrected chi connectivity index (χ4v) is 5.16. The second-order valence-electron chi connectivity index (χ2n) is 8.11. The number of halogens is 3. The highest BCUT2D eigenvalue weighted by molar-refractivity contribution is 7.11. The van der Waals surface area contributed by atoms with Crippen LogP contribution in [0, 0.1) is 10.9 Å². The van der Waals surface area contributed by atoms with Crippen molar-refractivity contribution in [3.8, 4) is 0 Å². The Hall–Kier alpha value is -3.15. The molecule has 0 bridgehead atoms. The van der Waals surface area contributed by atoms with Crippen LogP contribution in [0.25, 0.3) is 0 Å². The lowest BCUT2D eigenvalue weighted by atomic mass is 9.90. The summed E-state index contributed by atoms with van der Waals surface area (Å²) in [6, 6.07) is 4.52. The molecular formula is C26H26ClF2NO7S. The lowest BCUT2D eigenvalue weighted by molar-refractivity contribution is -0.151.